The molecule has 4 aliphatic rings. The van der Waals surface area contributed by atoms with Crippen LogP contribution in [0.4, 0.5) is 0 Å². The number of hydrogen-bond acceptors (Lipinski definition) is 2. The van der Waals surface area contributed by atoms with Crippen LogP contribution >= 0.6 is 0 Å². The zero-order chi connectivity index (χ0) is 16.2. The number of ketones is 1. The van der Waals surface area contributed by atoms with Gasteiger partial charge in [-0.15, -0.1) is 0 Å². The predicted molar refractivity (Wildman–Crippen MR) is 90.8 cm³/mol. The molecule has 124 valence electrons. The predicted octanol–water partition coefficient (Wildman–Crippen LogP) is 4.50. The maximum Gasteiger partial charge on any atom is 0.143 e. The fourth-order valence-electron chi connectivity index (χ4n) is 6.70. The molecule has 1 unspecified atom stereocenters. The quantitative estimate of drug-likeness (QED) is 0.528. The lowest BCUT2D eigenvalue weighted by molar-refractivity contribution is -0.135. The Bertz CT molecular complexity index is 601. The first-order chi connectivity index (χ1) is 11.0. The van der Waals surface area contributed by atoms with E-state index >= 15 is 0 Å². The molecule has 3 saturated carbocycles. The molecule has 4 aliphatic carbocycles. The summed E-state index contributed by atoms with van der Waals surface area (Å²) in [7, 11) is 0. The Morgan fingerprint density at radius 3 is 2.78 bits per heavy atom. The summed E-state index contributed by atoms with van der Waals surface area (Å²) >= 11 is 0. The topological polar surface area (TPSA) is 34.1 Å². The Labute approximate surface area is 139 Å². The van der Waals surface area contributed by atoms with Gasteiger partial charge in [0.25, 0.3) is 0 Å². The molecule has 0 bridgehead atoms. The van der Waals surface area contributed by atoms with E-state index in [1.807, 2.05) is 0 Å². The molecule has 0 aromatic rings. The Hall–Kier alpha value is -1.18. The molecule has 0 spiro atoms. The third kappa shape index (κ3) is 2.06. The van der Waals surface area contributed by atoms with Crippen LogP contribution in [0.3, 0.4) is 0 Å². The third-order valence-electron chi connectivity index (χ3n) is 8.12. The lowest BCUT2D eigenvalue weighted by Crippen LogP contribution is -2.53. The average Bonchev–Trinajstić information content (AvgIpc) is 2.85. The summed E-state index contributed by atoms with van der Waals surface area (Å²) in [5.74, 6) is 3.18. The van der Waals surface area contributed by atoms with Crippen LogP contribution in [0.1, 0.15) is 58.8 Å². The second-order valence-electron chi connectivity index (χ2n) is 8.89. The zero-order valence-corrected chi connectivity index (χ0v) is 14.4. The summed E-state index contributed by atoms with van der Waals surface area (Å²) in [6, 6.07) is 0. The van der Waals surface area contributed by atoms with Gasteiger partial charge in [0.1, 0.15) is 12.1 Å². The van der Waals surface area contributed by atoms with Gasteiger partial charge < -0.3 is 0 Å². The summed E-state index contributed by atoms with van der Waals surface area (Å²) in [4.78, 5) is 22.9. The van der Waals surface area contributed by atoms with E-state index in [0.29, 0.717) is 23.0 Å². The summed E-state index contributed by atoms with van der Waals surface area (Å²) < 4.78 is 0. The van der Waals surface area contributed by atoms with E-state index in [4.69, 9.17) is 0 Å². The van der Waals surface area contributed by atoms with Crippen molar-refractivity contribution in [2.45, 2.75) is 58.8 Å². The van der Waals surface area contributed by atoms with Crippen molar-refractivity contribution in [3.05, 3.63) is 23.8 Å². The normalized spacial score (nSPS) is 50.3. The van der Waals surface area contributed by atoms with Crippen LogP contribution in [-0.4, -0.2) is 12.1 Å². The van der Waals surface area contributed by atoms with Gasteiger partial charge in [0.15, 0.2) is 0 Å². The number of carbonyl (C=O) groups excluding carboxylic acids is 2. The SMILES string of the molecule is C[C@]12CCC(=O)CC1CC[C@@H]1[C@@H]2CC[C@]2(C)C(=CC=O)C=C[C@@H]12. The molecule has 23 heavy (non-hydrogen) atoms. The van der Waals surface area contributed by atoms with Gasteiger partial charge in [-0.2, -0.15) is 0 Å². The van der Waals surface area contributed by atoms with E-state index in [2.05, 4.69) is 26.0 Å². The molecule has 4 rings (SSSR count). The monoisotopic (exact) mass is 312 g/mol. The van der Waals surface area contributed by atoms with Crippen molar-refractivity contribution in [3.63, 3.8) is 0 Å². The van der Waals surface area contributed by atoms with Crippen molar-refractivity contribution >= 4 is 12.1 Å². The molecule has 2 nitrogen and oxygen atoms in total. The Morgan fingerprint density at radius 1 is 1.17 bits per heavy atom. The number of hydrogen-bond donors (Lipinski definition) is 0. The molecule has 0 amide bonds. The van der Waals surface area contributed by atoms with Crippen molar-refractivity contribution in [3.8, 4) is 0 Å². The molecule has 3 fully saturated rings. The Balaban J connectivity index is 1.65. The molecule has 0 aromatic carbocycles. The van der Waals surface area contributed by atoms with E-state index in [-0.39, 0.29) is 5.41 Å². The van der Waals surface area contributed by atoms with E-state index in [1.165, 1.54) is 31.3 Å². The lowest BCUT2D eigenvalue weighted by Gasteiger charge is -2.59. The summed E-state index contributed by atoms with van der Waals surface area (Å²) in [6.07, 6.45) is 15.0. The van der Waals surface area contributed by atoms with Gasteiger partial charge in [-0.3, -0.25) is 9.59 Å². The van der Waals surface area contributed by atoms with Crippen molar-refractivity contribution < 1.29 is 9.59 Å². The summed E-state index contributed by atoms with van der Waals surface area (Å²) in [5.41, 5.74) is 1.76. The van der Waals surface area contributed by atoms with E-state index in [0.717, 1.165) is 37.4 Å². The van der Waals surface area contributed by atoms with Crippen LogP contribution in [-0.2, 0) is 9.59 Å². The summed E-state index contributed by atoms with van der Waals surface area (Å²) in [6.45, 7) is 4.84. The fourth-order valence-corrected chi connectivity index (χ4v) is 6.70. The maximum absolute atomic E-state index is 11.9. The lowest BCUT2D eigenvalue weighted by atomic mass is 9.45. The van der Waals surface area contributed by atoms with Gasteiger partial charge in [0.2, 0.25) is 0 Å². The number of carbonyl (C=O) groups is 2. The highest BCUT2D eigenvalue weighted by molar-refractivity contribution is 5.79. The number of allylic oxidation sites excluding steroid dienone is 4. The van der Waals surface area contributed by atoms with Gasteiger partial charge in [-0.25, -0.2) is 0 Å². The first kappa shape index (κ1) is 15.4. The first-order valence-corrected chi connectivity index (χ1v) is 9.35. The van der Waals surface area contributed by atoms with E-state index in [9.17, 15) is 9.59 Å². The zero-order valence-electron chi connectivity index (χ0n) is 14.4. The van der Waals surface area contributed by atoms with Crippen LogP contribution in [0.5, 0.6) is 0 Å². The van der Waals surface area contributed by atoms with Crippen LogP contribution in [0, 0.1) is 34.5 Å². The molecule has 2 heteroatoms. The molecular weight excluding hydrogens is 284 g/mol. The highest BCUT2D eigenvalue weighted by atomic mass is 16.1. The molecule has 0 N–H and O–H groups in total. The minimum absolute atomic E-state index is 0.162. The minimum Gasteiger partial charge on any atom is -0.300 e. The van der Waals surface area contributed by atoms with Gasteiger partial charge in [0.05, 0.1) is 0 Å². The van der Waals surface area contributed by atoms with Crippen molar-refractivity contribution in [2.24, 2.45) is 34.5 Å². The second-order valence-corrected chi connectivity index (χ2v) is 8.89. The van der Waals surface area contributed by atoms with Crippen molar-refractivity contribution in [1.82, 2.24) is 0 Å². The van der Waals surface area contributed by atoms with Crippen molar-refractivity contribution in [1.29, 1.82) is 0 Å². The highest BCUT2D eigenvalue weighted by Crippen LogP contribution is 2.65. The Morgan fingerprint density at radius 2 is 2.00 bits per heavy atom. The molecular formula is C21H28O2. The van der Waals surface area contributed by atoms with Crippen LogP contribution < -0.4 is 0 Å². The minimum atomic E-state index is 0.162. The first-order valence-electron chi connectivity index (χ1n) is 9.35. The van der Waals surface area contributed by atoms with Gasteiger partial charge >= 0.3 is 0 Å². The van der Waals surface area contributed by atoms with Crippen LogP contribution in [0.15, 0.2) is 23.8 Å². The standard InChI is InChI=1S/C21H28O2/c1-20-11-8-19-17(18(20)6-4-14(20)9-12-22)5-3-15-13-16(23)7-10-21(15,19)2/h4,6,9,12,15,17-19H,3,5,7-8,10-11,13H2,1-2H3/t15?,17-,18-,19-,20+,21-/m0/s1. The van der Waals surface area contributed by atoms with Crippen LogP contribution in [0.2, 0.25) is 0 Å². The fraction of sp³-hybridized carbons (Fsp3) is 0.714. The molecule has 6 atom stereocenters. The van der Waals surface area contributed by atoms with E-state index in [1.54, 1.807) is 6.08 Å². The van der Waals surface area contributed by atoms with Gasteiger partial charge in [-0.05, 0) is 78.3 Å². The van der Waals surface area contributed by atoms with Gasteiger partial charge in [0, 0.05) is 12.8 Å². The number of aldehydes is 1. The number of fused-ring (bicyclic) bond motifs is 5. The molecule has 0 aliphatic heterocycles. The molecule has 0 heterocycles. The highest BCUT2D eigenvalue weighted by Gasteiger charge is 2.57. The maximum atomic E-state index is 11.9. The second kappa shape index (κ2) is 5.16. The molecule has 0 aromatic heterocycles. The smallest absolute Gasteiger partial charge is 0.143 e. The van der Waals surface area contributed by atoms with Gasteiger partial charge in [-0.1, -0.05) is 26.0 Å². The van der Waals surface area contributed by atoms with E-state index < -0.39 is 0 Å². The largest absolute Gasteiger partial charge is 0.300 e. The summed E-state index contributed by atoms with van der Waals surface area (Å²) in [5, 5.41) is 0. The van der Waals surface area contributed by atoms with Crippen molar-refractivity contribution in [2.75, 3.05) is 0 Å². The molecule has 0 radical (unpaired) electrons. The molecule has 0 saturated heterocycles. The number of rotatable bonds is 1. The average molecular weight is 312 g/mol. The van der Waals surface area contributed by atoms with Crippen LogP contribution in [0.25, 0.3) is 0 Å². The third-order valence-corrected chi connectivity index (χ3v) is 8.12. The number of Topliss-reactive ketones (excluding diaryl/α,β-unsaturated/α-hetero) is 1. The Kier molecular flexibility index (Phi) is 3.44.